The normalized spacial score (nSPS) is 10.3. The van der Waals surface area contributed by atoms with Crippen molar-refractivity contribution in [1.82, 2.24) is 25.5 Å². The Hall–Kier alpha value is -1.95. The van der Waals surface area contributed by atoms with Crippen LogP contribution in [0, 0.1) is 0 Å². The van der Waals surface area contributed by atoms with Crippen LogP contribution in [0.2, 0.25) is 5.02 Å². The van der Waals surface area contributed by atoms with E-state index in [0.717, 1.165) is 5.56 Å². The highest BCUT2D eigenvalue weighted by molar-refractivity contribution is 6.30. The van der Waals surface area contributed by atoms with Crippen LogP contribution in [0.1, 0.15) is 11.4 Å². The molecule has 0 radical (unpaired) electrons. The van der Waals surface area contributed by atoms with E-state index in [-0.39, 0.29) is 12.3 Å². The standard InChI is InChI=1S/C11H12ClN5O/c1-17-10(14-15-16-17)6-11(18)13-7-8-2-4-9(12)5-3-8/h2-5H,6-7H2,1H3,(H,13,18). The van der Waals surface area contributed by atoms with Crippen LogP contribution in [-0.4, -0.2) is 26.1 Å². The molecule has 0 aliphatic carbocycles. The summed E-state index contributed by atoms with van der Waals surface area (Å²) in [5.74, 6) is 0.409. The van der Waals surface area contributed by atoms with Crippen molar-refractivity contribution >= 4 is 17.5 Å². The minimum atomic E-state index is -0.122. The van der Waals surface area contributed by atoms with Crippen molar-refractivity contribution in [3.8, 4) is 0 Å². The average molecular weight is 266 g/mol. The zero-order valence-corrected chi connectivity index (χ0v) is 10.6. The first-order chi connectivity index (χ1) is 8.65. The number of halogens is 1. The van der Waals surface area contributed by atoms with Gasteiger partial charge in [-0.05, 0) is 28.1 Å². The van der Waals surface area contributed by atoms with Gasteiger partial charge in [0.1, 0.15) is 0 Å². The molecule has 1 N–H and O–H groups in total. The highest BCUT2D eigenvalue weighted by Gasteiger charge is 2.08. The van der Waals surface area contributed by atoms with E-state index in [1.807, 2.05) is 12.1 Å². The monoisotopic (exact) mass is 265 g/mol. The zero-order valence-electron chi connectivity index (χ0n) is 9.80. The molecule has 0 aliphatic heterocycles. The second-order valence-electron chi connectivity index (χ2n) is 3.80. The quantitative estimate of drug-likeness (QED) is 0.884. The van der Waals surface area contributed by atoms with Gasteiger partial charge in [-0.2, -0.15) is 0 Å². The molecule has 0 saturated heterocycles. The lowest BCUT2D eigenvalue weighted by atomic mass is 10.2. The van der Waals surface area contributed by atoms with Crippen molar-refractivity contribution in [3.63, 3.8) is 0 Å². The Bertz CT molecular complexity index is 537. The van der Waals surface area contributed by atoms with Gasteiger partial charge in [0.05, 0.1) is 6.42 Å². The van der Waals surface area contributed by atoms with Crippen LogP contribution < -0.4 is 5.32 Å². The zero-order chi connectivity index (χ0) is 13.0. The molecule has 1 amide bonds. The molecule has 0 atom stereocenters. The summed E-state index contributed by atoms with van der Waals surface area (Å²) in [7, 11) is 1.70. The fourth-order valence-corrected chi connectivity index (χ4v) is 1.53. The predicted molar refractivity (Wildman–Crippen MR) is 65.8 cm³/mol. The van der Waals surface area contributed by atoms with E-state index in [1.165, 1.54) is 4.68 Å². The highest BCUT2D eigenvalue weighted by Crippen LogP contribution is 2.09. The van der Waals surface area contributed by atoms with E-state index in [0.29, 0.717) is 17.4 Å². The van der Waals surface area contributed by atoms with Gasteiger partial charge in [0, 0.05) is 18.6 Å². The molecule has 0 spiro atoms. The van der Waals surface area contributed by atoms with E-state index in [2.05, 4.69) is 20.8 Å². The third kappa shape index (κ3) is 3.27. The third-order valence-corrected chi connectivity index (χ3v) is 2.68. The summed E-state index contributed by atoms with van der Waals surface area (Å²) >= 11 is 5.77. The van der Waals surface area contributed by atoms with Crippen LogP contribution in [0.5, 0.6) is 0 Å². The first-order valence-corrected chi connectivity index (χ1v) is 5.75. The molecular formula is C11H12ClN5O. The summed E-state index contributed by atoms with van der Waals surface area (Å²) in [6.45, 7) is 0.460. The average Bonchev–Trinajstić information content (AvgIpc) is 2.74. The Morgan fingerprint density at radius 2 is 2.11 bits per heavy atom. The molecule has 0 unspecified atom stereocenters. The summed E-state index contributed by atoms with van der Waals surface area (Å²) in [6, 6.07) is 7.31. The van der Waals surface area contributed by atoms with Crippen LogP contribution in [0.25, 0.3) is 0 Å². The summed E-state index contributed by atoms with van der Waals surface area (Å²) in [5, 5.41) is 14.3. The number of aryl methyl sites for hydroxylation is 1. The number of hydrogen-bond acceptors (Lipinski definition) is 4. The molecule has 0 saturated carbocycles. The van der Waals surface area contributed by atoms with Crippen LogP contribution in [0.4, 0.5) is 0 Å². The Balaban J connectivity index is 1.85. The Kier molecular flexibility index (Phi) is 3.88. The summed E-state index contributed by atoms with van der Waals surface area (Å²) in [4.78, 5) is 11.7. The minimum absolute atomic E-state index is 0.122. The van der Waals surface area contributed by atoms with E-state index in [1.54, 1.807) is 19.2 Å². The van der Waals surface area contributed by atoms with Gasteiger partial charge in [-0.1, -0.05) is 23.7 Å². The van der Waals surface area contributed by atoms with Crippen molar-refractivity contribution in [3.05, 3.63) is 40.7 Å². The first kappa shape index (κ1) is 12.5. The molecule has 7 heteroatoms. The lowest BCUT2D eigenvalue weighted by Crippen LogP contribution is -2.25. The fraction of sp³-hybridized carbons (Fsp3) is 0.273. The molecule has 6 nitrogen and oxygen atoms in total. The number of aromatic nitrogens is 4. The van der Waals surface area contributed by atoms with Gasteiger partial charge in [-0.3, -0.25) is 4.79 Å². The summed E-state index contributed by atoms with van der Waals surface area (Å²) in [5.41, 5.74) is 0.990. The Morgan fingerprint density at radius 3 is 2.72 bits per heavy atom. The molecule has 2 rings (SSSR count). The molecule has 2 aromatic rings. The van der Waals surface area contributed by atoms with Crippen molar-refractivity contribution in [2.45, 2.75) is 13.0 Å². The van der Waals surface area contributed by atoms with E-state index in [9.17, 15) is 4.79 Å². The van der Waals surface area contributed by atoms with Gasteiger partial charge in [-0.15, -0.1) is 5.10 Å². The van der Waals surface area contributed by atoms with Gasteiger partial charge < -0.3 is 5.32 Å². The minimum Gasteiger partial charge on any atom is -0.352 e. The van der Waals surface area contributed by atoms with E-state index >= 15 is 0 Å². The molecule has 1 aromatic heterocycles. The number of benzene rings is 1. The SMILES string of the molecule is Cn1nnnc1CC(=O)NCc1ccc(Cl)cc1. The Labute approximate surface area is 109 Å². The lowest BCUT2D eigenvalue weighted by Gasteiger charge is -2.04. The molecule has 0 aliphatic rings. The van der Waals surface area contributed by atoms with Gasteiger partial charge in [0.25, 0.3) is 0 Å². The van der Waals surface area contributed by atoms with Crippen molar-refractivity contribution < 1.29 is 4.79 Å². The predicted octanol–water partition coefficient (Wildman–Crippen LogP) is 0.722. The molecule has 0 bridgehead atoms. The maximum Gasteiger partial charge on any atom is 0.227 e. The summed E-state index contributed by atoms with van der Waals surface area (Å²) in [6.07, 6.45) is 0.164. The number of nitrogens with one attached hydrogen (secondary N) is 1. The van der Waals surface area contributed by atoms with E-state index in [4.69, 9.17) is 11.6 Å². The number of amides is 1. The molecule has 18 heavy (non-hydrogen) atoms. The number of tetrazole rings is 1. The van der Waals surface area contributed by atoms with Crippen molar-refractivity contribution in [2.24, 2.45) is 7.05 Å². The van der Waals surface area contributed by atoms with Crippen LogP contribution in [0.15, 0.2) is 24.3 Å². The fourth-order valence-electron chi connectivity index (χ4n) is 1.41. The smallest absolute Gasteiger partial charge is 0.227 e. The number of rotatable bonds is 4. The molecule has 1 heterocycles. The van der Waals surface area contributed by atoms with Crippen molar-refractivity contribution in [2.75, 3.05) is 0 Å². The van der Waals surface area contributed by atoms with Crippen molar-refractivity contribution in [1.29, 1.82) is 0 Å². The number of nitrogens with zero attached hydrogens (tertiary/aromatic N) is 4. The van der Waals surface area contributed by atoms with Gasteiger partial charge in [0.2, 0.25) is 5.91 Å². The third-order valence-electron chi connectivity index (χ3n) is 2.43. The van der Waals surface area contributed by atoms with E-state index < -0.39 is 0 Å². The number of hydrogen-bond donors (Lipinski definition) is 1. The lowest BCUT2D eigenvalue weighted by molar-refractivity contribution is -0.120. The second kappa shape index (κ2) is 5.59. The van der Waals surface area contributed by atoms with Gasteiger partial charge in [0.15, 0.2) is 5.82 Å². The molecule has 94 valence electrons. The highest BCUT2D eigenvalue weighted by atomic mass is 35.5. The topological polar surface area (TPSA) is 72.7 Å². The maximum atomic E-state index is 11.7. The molecule has 0 fully saturated rings. The first-order valence-electron chi connectivity index (χ1n) is 5.37. The molecule has 1 aromatic carbocycles. The number of carbonyl (C=O) groups is 1. The number of carbonyl (C=O) groups excluding carboxylic acids is 1. The van der Waals surface area contributed by atoms with Crippen LogP contribution >= 0.6 is 11.6 Å². The van der Waals surface area contributed by atoms with Gasteiger partial charge >= 0.3 is 0 Å². The molecular weight excluding hydrogens is 254 g/mol. The second-order valence-corrected chi connectivity index (χ2v) is 4.24. The van der Waals surface area contributed by atoms with Gasteiger partial charge in [-0.25, -0.2) is 4.68 Å². The largest absolute Gasteiger partial charge is 0.352 e. The van der Waals surface area contributed by atoms with Crippen LogP contribution in [-0.2, 0) is 24.8 Å². The van der Waals surface area contributed by atoms with Crippen LogP contribution in [0.3, 0.4) is 0 Å². The summed E-state index contributed by atoms with van der Waals surface area (Å²) < 4.78 is 1.47. The Morgan fingerprint density at radius 1 is 1.39 bits per heavy atom. The maximum absolute atomic E-state index is 11.7.